The van der Waals surface area contributed by atoms with Gasteiger partial charge in [0.1, 0.15) is 5.82 Å². The van der Waals surface area contributed by atoms with E-state index in [0.717, 1.165) is 31.0 Å². The fourth-order valence-corrected chi connectivity index (χ4v) is 1.87. The fourth-order valence-electron chi connectivity index (χ4n) is 1.87. The van der Waals surface area contributed by atoms with Gasteiger partial charge < -0.3 is 10.6 Å². The number of amides is 1. The van der Waals surface area contributed by atoms with E-state index in [1.54, 1.807) is 0 Å². The van der Waals surface area contributed by atoms with Crippen LogP contribution in [0.25, 0.3) is 0 Å². The molecule has 0 radical (unpaired) electrons. The monoisotopic (exact) mass is 292 g/mol. The Bertz CT molecular complexity index is 434. The van der Waals surface area contributed by atoms with Crippen LogP contribution >= 0.6 is 0 Å². The maximum Gasteiger partial charge on any atom is 0.234 e. The van der Waals surface area contributed by atoms with Crippen LogP contribution in [-0.4, -0.2) is 42.5 Å². The highest BCUT2D eigenvalue weighted by atomic mass is 16.2. The molecule has 2 N–H and O–H groups in total. The van der Waals surface area contributed by atoms with Gasteiger partial charge in [-0.1, -0.05) is 26.8 Å². The van der Waals surface area contributed by atoms with Crippen molar-refractivity contribution in [1.82, 2.24) is 15.2 Å². The molecule has 118 valence electrons. The Morgan fingerprint density at radius 1 is 1.38 bits per heavy atom. The molecule has 0 saturated heterocycles. The highest BCUT2D eigenvalue weighted by Crippen LogP contribution is 2.06. The van der Waals surface area contributed by atoms with Crippen molar-refractivity contribution in [3.05, 3.63) is 23.9 Å². The Hall–Kier alpha value is -1.62. The highest BCUT2D eigenvalue weighted by molar-refractivity contribution is 5.77. The maximum atomic E-state index is 11.8. The van der Waals surface area contributed by atoms with Gasteiger partial charge in [-0.15, -0.1) is 0 Å². The van der Waals surface area contributed by atoms with Crippen molar-refractivity contribution < 1.29 is 4.79 Å². The summed E-state index contributed by atoms with van der Waals surface area (Å²) in [7, 11) is 1.93. The van der Waals surface area contributed by atoms with Crippen molar-refractivity contribution in [3.8, 4) is 0 Å². The summed E-state index contributed by atoms with van der Waals surface area (Å²) < 4.78 is 0. The van der Waals surface area contributed by atoms with Crippen molar-refractivity contribution in [1.29, 1.82) is 0 Å². The summed E-state index contributed by atoms with van der Waals surface area (Å²) in [6.45, 7) is 8.99. The zero-order valence-electron chi connectivity index (χ0n) is 13.6. The van der Waals surface area contributed by atoms with Crippen LogP contribution in [-0.2, 0) is 11.3 Å². The summed E-state index contributed by atoms with van der Waals surface area (Å²) in [4.78, 5) is 18.3. The van der Waals surface area contributed by atoms with Gasteiger partial charge in [0, 0.05) is 19.6 Å². The lowest BCUT2D eigenvalue weighted by Gasteiger charge is -2.17. The molecule has 0 fully saturated rings. The molecule has 1 rings (SSSR count). The molecule has 5 heteroatoms. The molecule has 1 aromatic rings. The molecule has 0 spiro atoms. The van der Waals surface area contributed by atoms with Crippen molar-refractivity contribution in [2.75, 3.05) is 32.0 Å². The molecule has 1 aromatic heterocycles. The smallest absolute Gasteiger partial charge is 0.234 e. The molecule has 5 nitrogen and oxygen atoms in total. The Balaban J connectivity index is 2.43. The van der Waals surface area contributed by atoms with E-state index in [-0.39, 0.29) is 5.91 Å². The molecule has 0 aromatic carbocycles. The second-order valence-corrected chi connectivity index (χ2v) is 5.81. The minimum atomic E-state index is 0.0615. The van der Waals surface area contributed by atoms with Crippen molar-refractivity contribution >= 4 is 11.7 Å². The molecule has 0 saturated carbocycles. The first-order chi connectivity index (χ1) is 10.0. The Morgan fingerprint density at radius 2 is 2.14 bits per heavy atom. The Labute approximate surface area is 128 Å². The third-order valence-corrected chi connectivity index (χ3v) is 2.92. The number of pyridine rings is 1. The van der Waals surface area contributed by atoms with Crippen LogP contribution < -0.4 is 10.6 Å². The number of rotatable bonds is 9. The number of carbonyl (C=O) groups excluding carboxylic acids is 1. The van der Waals surface area contributed by atoms with E-state index in [9.17, 15) is 4.79 Å². The lowest BCUT2D eigenvalue weighted by atomic mass is 10.2. The van der Waals surface area contributed by atoms with Gasteiger partial charge >= 0.3 is 0 Å². The number of carbonyl (C=O) groups is 1. The first-order valence-corrected chi connectivity index (χ1v) is 7.66. The van der Waals surface area contributed by atoms with E-state index in [0.29, 0.717) is 19.0 Å². The van der Waals surface area contributed by atoms with Crippen molar-refractivity contribution in [3.63, 3.8) is 0 Å². The SMILES string of the molecule is CCCNc1cccc(CN(C)CC(=O)NCC(C)C)n1. The third kappa shape index (κ3) is 7.66. The lowest BCUT2D eigenvalue weighted by molar-refractivity contribution is -0.122. The van der Waals surface area contributed by atoms with Crippen LogP contribution in [0.2, 0.25) is 0 Å². The number of hydrogen-bond donors (Lipinski definition) is 2. The summed E-state index contributed by atoms with van der Waals surface area (Å²) in [6.07, 6.45) is 1.07. The van der Waals surface area contributed by atoms with Crippen LogP contribution in [0.15, 0.2) is 18.2 Å². The van der Waals surface area contributed by atoms with Crippen LogP contribution in [0, 0.1) is 5.92 Å². The second kappa shape index (κ2) is 9.34. The average molecular weight is 292 g/mol. The third-order valence-electron chi connectivity index (χ3n) is 2.92. The largest absolute Gasteiger partial charge is 0.370 e. The van der Waals surface area contributed by atoms with Crippen molar-refractivity contribution in [2.45, 2.75) is 33.7 Å². The van der Waals surface area contributed by atoms with E-state index in [2.05, 4.69) is 36.4 Å². The molecule has 0 atom stereocenters. The van der Waals surface area contributed by atoms with Crippen LogP contribution in [0.1, 0.15) is 32.9 Å². The first kappa shape index (κ1) is 17.4. The van der Waals surface area contributed by atoms with Gasteiger partial charge in [-0.3, -0.25) is 9.69 Å². The van der Waals surface area contributed by atoms with E-state index in [1.165, 1.54) is 0 Å². The van der Waals surface area contributed by atoms with Gasteiger partial charge in [0.05, 0.1) is 12.2 Å². The lowest BCUT2D eigenvalue weighted by Crippen LogP contribution is -2.36. The number of aromatic nitrogens is 1. The van der Waals surface area contributed by atoms with E-state index in [1.807, 2.05) is 30.1 Å². The molecular formula is C16H28N4O. The highest BCUT2D eigenvalue weighted by Gasteiger charge is 2.08. The summed E-state index contributed by atoms with van der Waals surface area (Å²) in [5, 5.41) is 6.20. The van der Waals surface area contributed by atoms with Gasteiger partial charge in [0.25, 0.3) is 0 Å². The molecular weight excluding hydrogens is 264 g/mol. The van der Waals surface area contributed by atoms with Gasteiger partial charge in [-0.05, 0) is 31.5 Å². The maximum absolute atomic E-state index is 11.8. The molecule has 0 aliphatic heterocycles. The summed E-state index contributed by atoms with van der Waals surface area (Å²) in [6, 6.07) is 5.95. The quantitative estimate of drug-likeness (QED) is 0.732. The summed E-state index contributed by atoms with van der Waals surface area (Å²) >= 11 is 0. The number of hydrogen-bond acceptors (Lipinski definition) is 4. The summed E-state index contributed by atoms with van der Waals surface area (Å²) in [5.41, 5.74) is 0.968. The predicted molar refractivity (Wildman–Crippen MR) is 87.2 cm³/mol. The van der Waals surface area contributed by atoms with Gasteiger partial charge in [0.15, 0.2) is 0 Å². The molecule has 1 heterocycles. The number of nitrogens with one attached hydrogen (secondary N) is 2. The van der Waals surface area contributed by atoms with Gasteiger partial charge in [-0.2, -0.15) is 0 Å². The predicted octanol–water partition coefficient (Wildman–Crippen LogP) is 2.11. The minimum Gasteiger partial charge on any atom is -0.370 e. The van der Waals surface area contributed by atoms with E-state index < -0.39 is 0 Å². The fraction of sp³-hybridized carbons (Fsp3) is 0.625. The molecule has 21 heavy (non-hydrogen) atoms. The normalized spacial score (nSPS) is 11.0. The zero-order valence-corrected chi connectivity index (χ0v) is 13.6. The second-order valence-electron chi connectivity index (χ2n) is 5.81. The number of anilines is 1. The minimum absolute atomic E-state index is 0.0615. The van der Waals surface area contributed by atoms with Crippen LogP contribution in [0.5, 0.6) is 0 Å². The number of likely N-dealkylation sites (N-methyl/N-ethyl adjacent to an activating group) is 1. The first-order valence-electron chi connectivity index (χ1n) is 7.66. The summed E-state index contributed by atoms with van der Waals surface area (Å²) in [5.74, 6) is 1.43. The van der Waals surface area contributed by atoms with E-state index >= 15 is 0 Å². The topological polar surface area (TPSA) is 57.3 Å². The van der Waals surface area contributed by atoms with E-state index in [4.69, 9.17) is 0 Å². The van der Waals surface area contributed by atoms with Crippen LogP contribution in [0.3, 0.4) is 0 Å². The average Bonchev–Trinajstić information content (AvgIpc) is 2.43. The standard InChI is InChI=1S/C16H28N4O/c1-5-9-17-15-8-6-7-14(19-15)11-20(4)12-16(21)18-10-13(2)3/h6-8,13H,5,9-12H2,1-4H3,(H,17,19)(H,18,21). The Kier molecular flexibility index (Phi) is 7.75. The molecule has 0 unspecified atom stereocenters. The van der Waals surface area contributed by atoms with Gasteiger partial charge in [-0.25, -0.2) is 4.98 Å². The van der Waals surface area contributed by atoms with Crippen LogP contribution in [0.4, 0.5) is 5.82 Å². The molecule has 1 amide bonds. The zero-order chi connectivity index (χ0) is 15.7. The molecule has 0 aliphatic rings. The Morgan fingerprint density at radius 3 is 2.81 bits per heavy atom. The van der Waals surface area contributed by atoms with Gasteiger partial charge in [0.2, 0.25) is 5.91 Å². The molecule has 0 bridgehead atoms. The van der Waals surface area contributed by atoms with Crippen molar-refractivity contribution in [2.24, 2.45) is 5.92 Å². The molecule has 0 aliphatic carbocycles. The number of nitrogens with zero attached hydrogens (tertiary/aromatic N) is 2.